The van der Waals surface area contributed by atoms with Crippen LogP contribution in [0, 0.1) is 0 Å². The van der Waals surface area contributed by atoms with Gasteiger partial charge in [-0.3, -0.25) is 4.90 Å². The molecule has 1 fully saturated rings. The van der Waals surface area contributed by atoms with Gasteiger partial charge >= 0.3 is 0 Å². The van der Waals surface area contributed by atoms with Gasteiger partial charge in [-0.1, -0.05) is 12.2 Å². The molecule has 0 aromatic rings. The van der Waals surface area contributed by atoms with Crippen LogP contribution in [0.1, 0.15) is 26.2 Å². The first-order valence-corrected chi connectivity index (χ1v) is 4.84. The zero-order chi connectivity index (χ0) is 8.81. The average Bonchev–Trinajstić information content (AvgIpc) is 2.27. The highest BCUT2D eigenvalue weighted by atomic mass is 16.3. The first-order chi connectivity index (χ1) is 5.83. The molecule has 70 valence electrons. The summed E-state index contributed by atoms with van der Waals surface area (Å²) in [5.74, 6) is 0. The van der Waals surface area contributed by atoms with Crippen molar-refractivity contribution in [1.29, 1.82) is 0 Å². The third-order valence-corrected chi connectivity index (χ3v) is 2.39. The maximum absolute atomic E-state index is 9.39. The van der Waals surface area contributed by atoms with Gasteiger partial charge in [0.05, 0.1) is 6.10 Å². The molecule has 1 rings (SSSR count). The van der Waals surface area contributed by atoms with Gasteiger partial charge in [0.25, 0.3) is 0 Å². The average molecular weight is 169 g/mol. The fourth-order valence-corrected chi connectivity index (χ4v) is 1.58. The fraction of sp³-hybridized carbons (Fsp3) is 0.800. The van der Waals surface area contributed by atoms with Gasteiger partial charge in [0, 0.05) is 13.1 Å². The molecule has 0 aromatic heterocycles. The molecular formula is C10H19NO. The second-order valence-corrected chi connectivity index (χ2v) is 3.45. The van der Waals surface area contributed by atoms with Gasteiger partial charge in [-0.05, 0) is 32.7 Å². The maximum atomic E-state index is 9.39. The maximum Gasteiger partial charge on any atom is 0.0553 e. The van der Waals surface area contributed by atoms with Crippen LogP contribution in [0.4, 0.5) is 0 Å². The lowest BCUT2D eigenvalue weighted by atomic mass is 10.2. The van der Waals surface area contributed by atoms with E-state index in [9.17, 15) is 5.11 Å². The van der Waals surface area contributed by atoms with E-state index >= 15 is 0 Å². The molecular weight excluding hydrogens is 150 g/mol. The highest BCUT2D eigenvalue weighted by Gasteiger charge is 2.12. The van der Waals surface area contributed by atoms with Crippen molar-refractivity contribution < 1.29 is 5.11 Å². The monoisotopic (exact) mass is 169 g/mol. The highest BCUT2D eigenvalue weighted by molar-refractivity contribution is 4.82. The third-order valence-electron chi connectivity index (χ3n) is 2.39. The molecule has 0 radical (unpaired) electrons. The van der Waals surface area contributed by atoms with E-state index < -0.39 is 0 Å². The lowest BCUT2D eigenvalue weighted by Crippen LogP contribution is -2.25. The summed E-state index contributed by atoms with van der Waals surface area (Å²) in [4.78, 5) is 2.40. The molecule has 1 heterocycles. The smallest absolute Gasteiger partial charge is 0.0553 e. The number of hydrogen-bond donors (Lipinski definition) is 1. The minimum Gasteiger partial charge on any atom is -0.393 e. The summed E-state index contributed by atoms with van der Waals surface area (Å²) in [5.41, 5.74) is 0. The van der Waals surface area contributed by atoms with Gasteiger partial charge in [0.1, 0.15) is 0 Å². The Morgan fingerprint density at radius 3 is 3.00 bits per heavy atom. The Bertz CT molecular complexity index is 145. The molecule has 2 nitrogen and oxygen atoms in total. The van der Waals surface area contributed by atoms with E-state index in [4.69, 9.17) is 0 Å². The molecule has 1 aliphatic heterocycles. The van der Waals surface area contributed by atoms with E-state index in [1.165, 1.54) is 0 Å². The standard InChI is InChI=1S/C10H19NO/c1-2-3-7-11-8-4-5-10(12)6-9-11/h2-3,10,12H,4-9H2,1H3/b3-2+. The Balaban J connectivity index is 2.25. The van der Waals surface area contributed by atoms with Gasteiger partial charge in [-0.25, -0.2) is 0 Å². The summed E-state index contributed by atoms with van der Waals surface area (Å²) in [6.45, 7) is 5.28. The molecule has 0 bridgehead atoms. The van der Waals surface area contributed by atoms with Crippen molar-refractivity contribution in [3.63, 3.8) is 0 Å². The largest absolute Gasteiger partial charge is 0.393 e. The van der Waals surface area contributed by atoms with Crippen molar-refractivity contribution in [2.45, 2.75) is 32.3 Å². The predicted molar refractivity (Wildman–Crippen MR) is 51.1 cm³/mol. The van der Waals surface area contributed by atoms with Crippen LogP contribution in [0.5, 0.6) is 0 Å². The van der Waals surface area contributed by atoms with E-state index in [-0.39, 0.29) is 6.10 Å². The van der Waals surface area contributed by atoms with Crippen LogP contribution < -0.4 is 0 Å². The second-order valence-electron chi connectivity index (χ2n) is 3.45. The number of allylic oxidation sites excluding steroid dienone is 1. The zero-order valence-electron chi connectivity index (χ0n) is 7.87. The quantitative estimate of drug-likeness (QED) is 0.632. The van der Waals surface area contributed by atoms with Gasteiger partial charge in [-0.15, -0.1) is 0 Å². The molecule has 0 amide bonds. The van der Waals surface area contributed by atoms with Crippen LogP contribution in [0.25, 0.3) is 0 Å². The molecule has 0 aliphatic carbocycles. The minimum atomic E-state index is -0.0550. The molecule has 0 spiro atoms. The van der Waals surface area contributed by atoms with Crippen molar-refractivity contribution in [3.05, 3.63) is 12.2 Å². The van der Waals surface area contributed by atoms with Gasteiger partial charge in [-0.2, -0.15) is 0 Å². The summed E-state index contributed by atoms with van der Waals surface area (Å²) < 4.78 is 0. The number of nitrogens with zero attached hydrogens (tertiary/aromatic N) is 1. The lowest BCUT2D eigenvalue weighted by molar-refractivity contribution is 0.156. The Morgan fingerprint density at radius 1 is 1.42 bits per heavy atom. The van der Waals surface area contributed by atoms with Gasteiger partial charge in [0.2, 0.25) is 0 Å². The highest BCUT2D eigenvalue weighted by Crippen LogP contribution is 2.10. The normalized spacial score (nSPS) is 27.7. The Labute approximate surface area is 74.9 Å². The van der Waals surface area contributed by atoms with Crippen LogP contribution >= 0.6 is 0 Å². The first kappa shape index (κ1) is 9.75. The summed E-state index contributed by atoms with van der Waals surface area (Å²) in [6, 6.07) is 0. The van der Waals surface area contributed by atoms with Crippen molar-refractivity contribution in [1.82, 2.24) is 4.90 Å². The molecule has 0 saturated carbocycles. The predicted octanol–water partition coefficient (Wildman–Crippen LogP) is 1.41. The number of hydrogen-bond acceptors (Lipinski definition) is 2. The molecule has 2 heteroatoms. The van der Waals surface area contributed by atoms with E-state index in [2.05, 4.69) is 17.1 Å². The lowest BCUT2D eigenvalue weighted by Gasteiger charge is -2.16. The Morgan fingerprint density at radius 2 is 2.25 bits per heavy atom. The van der Waals surface area contributed by atoms with E-state index in [1.807, 2.05) is 6.92 Å². The summed E-state index contributed by atoms with van der Waals surface area (Å²) in [5, 5.41) is 9.39. The Hall–Kier alpha value is -0.340. The molecule has 1 N–H and O–H groups in total. The first-order valence-electron chi connectivity index (χ1n) is 4.84. The number of aliphatic hydroxyl groups is 1. The van der Waals surface area contributed by atoms with Crippen LogP contribution in [0.15, 0.2) is 12.2 Å². The molecule has 1 aliphatic rings. The number of likely N-dealkylation sites (tertiary alicyclic amines) is 1. The third kappa shape index (κ3) is 3.37. The van der Waals surface area contributed by atoms with Crippen LogP contribution in [0.3, 0.4) is 0 Å². The van der Waals surface area contributed by atoms with E-state index in [1.54, 1.807) is 0 Å². The number of rotatable bonds is 2. The molecule has 1 unspecified atom stereocenters. The van der Waals surface area contributed by atoms with E-state index in [0.717, 1.165) is 38.9 Å². The fourth-order valence-electron chi connectivity index (χ4n) is 1.58. The van der Waals surface area contributed by atoms with E-state index in [0.29, 0.717) is 0 Å². The minimum absolute atomic E-state index is 0.0550. The Kier molecular flexibility index (Phi) is 4.33. The van der Waals surface area contributed by atoms with Crippen LogP contribution in [-0.2, 0) is 0 Å². The van der Waals surface area contributed by atoms with Gasteiger partial charge < -0.3 is 5.11 Å². The molecule has 12 heavy (non-hydrogen) atoms. The zero-order valence-corrected chi connectivity index (χ0v) is 7.87. The summed E-state index contributed by atoms with van der Waals surface area (Å²) in [7, 11) is 0. The number of aliphatic hydroxyl groups excluding tert-OH is 1. The van der Waals surface area contributed by atoms with Crippen molar-refractivity contribution in [2.75, 3.05) is 19.6 Å². The summed E-state index contributed by atoms with van der Waals surface area (Å²) >= 11 is 0. The second kappa shape index (κ2) is 5.33. The molecule has 1 atom stereocenters. The molecule has 0 aromatic carbocycles. The SMILES string of the molecule is C/C=C/CN1CCCC(O)CC1. The van der Waals surface area contributed by atoms with Crippen molar-refractivity contribution >= 4 is 0 Å². The van der Waals surface area contributed by atoms with Crippen molar-refractivity contribution in [3.8, 4) is 0 Å². The van der Waals surface area contributed by atoms with Gasteiger partial charge in [0.15, 0.2) is 0 Å². The van der Waals surface area contributed by atoms with Crippen LogP contribution in [-0.4, -0.2) is 35.7 Å². The summed E-state index contributed by atoms with van der Waals surface area (Å²) in [6.07, 6.45) is 7.27. The van der Waals surface area contributed by atoms with Crippen molar-refractivity contribution in [2.24, 2.45) is 0 Å². The van der Waals surface area contributed by atoms with Crippen LogP contribution in [0.2, 0.25) is 0 Å². The molecule has 1 saturated heterocycles. The topological polar surface area (TPSA) is 23.5 Å².